The zero-order valence-corrected chi connectivity index (χ0v) is 9.17. The van der Waals surface area contributed by atoms with E-state index in [0.29, 0.717) is 0 Å². The third kappa shape index (κ3) is 2.62. The van der Waals surface area contributed by atoms with E-state index in [1.807, 2.05) is 0 Å². The molecule has 90 valence electrons. The number of rotatable bonds is 3. The van der Waals surface area contributed by atoms with Crippen molar-refractivity contribution in [3.05, 3.63) is 0 Å². The minimum absolute atomic E-state index is 0.135. The molecule has 0 aromatic rings. The van der Waals surface area contributed by atoms with Gasteiger partial charge in [0.1, 0.15) is 6.54 Å². The zero-order chi connectivity index (χ0) is 12.3. The number of carbonyl (C=O) groups is 3. The number of aliphatic carboxylic acids is 1. The number of ether oxygens (including phenoxy) is 1. The van der Waals surface area contributed by atoms with Crippen LogP contribution in [0.15, 0.2) is 0 Å². The SMILES string of the molecule is COC(=O)CN(C)C(=O)N1CC(C(=O)O)C1. The van der Waals surface area contributed by atoms with E-state index in [-0.39, 0.29) is 25.7 Å². The van der Waals surface area contributed by atoms with Gasteiger partial charge in [0.15, 0.2) is 0 Å². The molecule has 2 amide bonds. The Bertz CT molecular complexity index is 311. The van der Waals surface area contributed by atoms with Crippen LogP contribution in [0.4, 0.5) is 4.79 Å². The number of hydrogen-bond donors (Lipinski definition) is 1. The second-order valence-electron chi connectivity index (χ2n) is 3.65. The van der Waals surface area contributed by atoms with E-state index in [0.717, 1.165) is 0 Å². The van der Waals surface area contributed by atoms with E-state index in [2.05, 4.69) is 4.74 Å². The van der Waals surface area contributed by atoms with Crippen molar-refractivity contribution in [3.63, 3.8) is 0 Å². The van der Waals surface area contributed by atoms with Crippen LogP contribution < -0.4 is 0 Å². The third-order valence-electron chi connectivity index (χ3n) is 2.42. The lowest BCUT2D eigenvalue weighted by atomic mass is 10.0. The monoisotopic (exact) mass is 230 g/mol. The first-order chi connectivity index (χ1) is 7.45. The molecule has 1 rings (SSSR count). The Hall–Kier alpha value is -1.79. The largest absolute Gasteiger partial charge is 0.481 e. The van der Waals surface area contributed by atoms with Gasteiger partial charge in [-0.25, -0.2) is 4.79 Å². The van der Waals surface area contributed by atoms with Crippen molar-refractivity contribution < 1.29 is 24.2 Å². The van der Waals surface area contributed by atoms with Crippen LogP contribution >= 0.6 is 0 Å². The molecule has 0 unspecified atom stereocenters. The highest BCUT2D eigenvalue weighted by atomic mass is 16.5. The molecule has 1 fully saturated rings. The molecular formula is C9H14N2O5. The van der Waals surface area contributed by atoms with Crippen molar-refractivity contribution in [1.82, 2.24) is 9.80 Å². The van der Waals surface area contributed by atoms with Crippen LogP contribution in [0.25, 0.3) is 0 Å². The van der Waals surface area contributed by atoms with Crippen molar-refractivity contribution in [2.45, 2.75) is 0 Å². The molecule has 16 heavy (non-hydrogen) atoms. The Morgan fingerprint density at radius 3 is 2.44 bits per heavy atom. The van der Waals surface area contributed by atoms with Crippen molar-refractivity contribution in [3.8, 4) is 0 Å². The predicted octanol–water partition coefficient (Wildman–Crippen LogP) is -0.772. The summed E-state index contributed by atoms with van der Waals surface area (Å²) in [6.45, 7) is 0.253. The van der Waals surface area contributed by atoms with Gasteiger partial charge in [-0.05, 0) is 0 Å². The first kappa shape index (κ1) is 12.3. The number of carboxylic acids is 1. The fourth-order valence-corrected chi connectivity index (χ4v) is 1.36. The lowest BCUT2D eigenvalue weighted by molar-refractivity contribution is -0.147. The van der Waals surface area contributed by atoms with Crippen LogP contribution in [0.1, 0.15) is 0 Å². The van der Waals surface area contributed by atoms with E-state index in [9.17, 15) is 14.4 Å². The molecule has 1 aliphatic rings. The maximum absolute atomic E-state index is 11.6. The summed E-state index contributed by atoms with van der Waals surface area (Å²) < 4.78 is 4.42. The highest BCUT2D eigenvalue weighted by Gasteiger charge is 2.37. The molecule has 1 heterocycles. The Labute approximate surface area is 92.6 Å². The molecule has 0 radical (unpaired) electrons. The Kier molecular flexibility index (Phi) is 3.70. The number of amides is 2. The molecule has 1 aliphatic heterocycles. The van der Waals surface area contributed by atoms with Crippen LogP contribution in [0.2, 0.25) is 0 Å². The maximum Gasteiger partial charge on any atom is 0.325 e. The van der Waals surface area contributed by atoms with Crippen LogP contribution in [0.5, 0.6) is 0 Å². The summed E-state index contributed by atoms with van der Waals surface area (Å²) in [6.07, 6.45) is 0. The van der Waals surface area contributed by atoms with Crippen molar-refractivity contribution in [1.29, 1.82) is 0 Å². The maximum atomic E-state index is 11.6. The molecule has 0 saturated carbocycles. The van der Waals surface area contributed by atoms with E-state index in [1.165, 1.54) is 24.0 Å². The molecule has 7 nitrogen and oxygen atoms in total. The van der Waals surface area contributed by atoms with Crippen LogP contribution in [-0.2, 0) is 14.3 Å². The van der Waals surface area contributed by atoms with E-state index in [4.69, 9.17) is 5.11 Å². The van der Waals surface area contributed by atoms with Gasteiger partial charge in [0.05, 0.1) is 13.0 Å². The molecule has 0 aromatic carbocycles. The predicted molar refractivity (Wildman–Crippen MR) is 52.7 cm³/mol. The summed E-state index contributed by atoms with van der Waals surface area (Å²) in [5.74, 6) is -1.90. The molecule has 0 spiro atoms. The summed E-state index contributed by atoms with van der Waals surface area (Å²) in [7, 11) is 2.71. The average molecular weight is 230 g/mol. The Morgan fingerprint density at radius 1 is 1.44 bits per heavy atom. The molecule has 0 bridgehead atoms. The number of carboxylic acid groups (broad SMARTS) is 1. The zero-order valence-electron chi connectivity index (χ0n) is 9.17. The summed E-state index contributed by atoms with van der Waals surface area (Å²) in [5, 5.41) is 8.63. The van der Waals surface area contributed by atoms with Gasteiger partial charge in [0.25, 0.3) is 0 Å². The quantitative estimate of drug-likeness (QED) is 0.643. The van der Waals surface area contributed by atoms with Crippen molar-refractivity contribution in [2.75, 3.05) is 33.8 Å². The third-order valence-corrected chi connectivity index (χ3v) is 2.42. The summed E-state index contributed by atoms with van der Waals surface area (Å²) >= 11 is 0. The van der Waals surface area contributed by atoms with Gasteiger partial charge < -0.3 is 19.6 Å². The molecule has 1 N–H and O–H groups in total. The van der Waals surface area contributed by atoms with Crippen molar-refractivity contribution >= 4 is 18.0 Å². The highest BCUT2D eigenvalue weighted by molar-refractivity contribution is 5.83. The molecule has 0 aliphatic carbocycles. The Balaban J connectivity index is 2.36. The fourth-order valence-electron chi connectivity index (χ4n) is 1.36. The van der Waals surface area contributed by atoms with E-state index >= 15 is 0 Å². The number of urea groups is 1. The van der Waals surface area contributed by atoms with E-state index < -0.39 is 17.9 Å². The van der Waals surface area contributed by atoms with Gasteiger partial charge in [-0.2, -0.15) is 0 Å². The first-order valence-corrected chi connectivity index (χ1v) is 4.75. The Morgan fingerprint density at radius 2 is 2.00 bits per heavy atom. The number of likely N-dealkylation sites (N-methyl/N-ethyl adjacent to an activating group) is 1. The van der Waals surface area contributed by atoms with Gasteiger partial charge in [-0.3, -0.25) is 9.59 Å². The first-order valence-electron chi connectivity index (χ1n) is 4.75. The number of methoxy groups -OCH3 is 1. The lowest BCUT2D eigenvalue weighted by Crippen LogP contribution is -2.56. The van der Waals surface area contributed by atoms with Crippen LogP contribution in [-0.4, -0.2) is 66.7 Å². The molecule has 7 heteroatoms. The van der Waals surface area contributed by atoms with Gasteiger partial charge in [-0.15, -0.1) is 0 Å². The lowest BCUT2D eigenvalue weighted by Gasteiger charge is -2.38. The van der Waals surface area contributed by atoms with Gasteiger partial charge in [0, 0.05) is 20.1 Å². The van der Waals surface area contributed by atoms with Crippen LogP contribution in [0.3, 0.4) is 0 Å². The van der Waals surface area contributed by atoms with Crippen molar-refractivity contribution in [2.24, 2.45) is 5.92 Å². The smallest absolute Gasteiger partial charge is 0.325 e. The minimum Gasteiger partial charge on any atom is -0.481 e. The molecule has 0 aromatic heterocycles. The molecule has 1 saturated heterocycles. The second-order valence-corrected chi connectivity index (χ2v) is 3.65. The topological polar surface area (TPSA) is 87.2 Å². The van der Waals surface area contributed by atoms with E-state index in [1.54, 1.807) is 0 Å². The number of carbonyl (C=O) groups excluding carboxylic acids is 2. The average Bonchev–Trinajstić information content (AvgIpc) is 2.14. The minimum atomic E-state index is -0.903. The van der Waals surface area contributed by atoms with Gasteiger partial charge in [0.2, 0.25) is 0 Å². The standard InChI is InChI=1S/C9H14N2O5/c1-10(5-7(12)16-2)9(15)11-3-6(4-11)8(13)14/h6H,3-5H2,1-2H3,(H,13,14). The number of likely N-dealkylation sites (tertiary alicyclic amines) is 1. The highest BCUT2D eigenvalue weighted by Crippen LogP contribution is 2.16. The normalized spacial score (nSPS) is 15.2. The number of nitrogens with zero attached hydrogens (tertiary/aromatic N) is 2. The molecule has 0 atom stereocenters. The summed E-state index contributed by atoms with van der Waals surface area (Å²) in [5.41, 5.74) is 0. The van der Waals surface area contributed by atoms with Crippen LogP contribution in [0, 0.1) is 5.92 Å². The number of hydrogen-bond acceptors (Lipinski definition) is 4. The second kappa shape index (κ2) is 4.82. The van der Waals surface area contributed by atoms with Gasteiger partial charge in [-0.1, -0.05) is 0 Å². The molecular weight excluding hydrogens is 216 g/mol. The van der Waals surface area contributed by atoms with Gasteiger partial charge >= 0.3 is 18.0 Å². The number of esters is 1. The summed E-state index contributed by atoms with van der Waals surface area (Å²) in [6, 6.07) is -0.358. The summed E-state index contributed by atoms with van der Waals surface area (Å²) in [4.78, 5) is 35.6. The fraction of sp³-hybridized carbons (Fsp3) is 0.667.